The van der Waals surface area contributed by atoms with E-state index in [-0.39, 0.29) is 0 Å². The van der Waals surface area contributed by atoms with Gasteiger partial charge in [-0.1, -0.05) is 11.6 Å². The van der Waals surface area contributed by atoms with Gasteiger partial charge in [0.25, 0.3) is 0 Å². The van der Waals surface area contributed by atoms with Crippen LogP contribution in [0.15, 0.2) is 24.7 Å². The van der Waals surface area contributed by atoms with Gasteiger partial charge in [0.2, 0.25) is 0 Å². The minimum Gasteiger partial charge on any atom is -0.319 e. The second-order valence-electron chi connectivity index (χ2n) is 4.82. The summed E-state index contributed by atoms with van der Waals surface area (Å²) in [4.78, 5) is 5.85. The van der Waals surface area contributed by atoms with Crippen molar-refractivity contribution in [2.75, 3.05) is 20.6 Å². The van der Waals surface area contributed by atoms with Crippen LogP contribution in [0.5, 0.6) is 0 Å². The number of nitrogens with two attached hydrogens (primary N) is 1. The highest BCUT2D eigenvalue weighted by Crippen LogP contribution is 2.26. The lowest BCUT2D eigenvalue weighted by atomic mass is 10.1. The molecule has 20 heavy (non-hydrogen) atoms. The maximum atomic E-state index is 13.2. The fourth-order valence-corrected chi connectivity index (χ4v) is 2.17. The van der Waals surface area contributed by atoms with E-state index in [0.717, 1.165) is 12.7 Å². The standard InChI is InChI=1S/C13H17ClFN5/c1-19(2)3-4-20-13(11(14)8-18-20)12(16)9-5-10(15)7-17-6-9/h5-8,12H,3-4,16H2,1-2H3. The Balaban J connectivity index is 2.29. The van der Waals surface area contributed by atoms with Crippen molar-refractivity contribution in [1.29, 1.82) is 0 Å². The molecule has 1 unspecified atom stereocenters. The number of nitrogens with zero attached hydrogens (tertiary/aromatic N) is 4. The van der Waals surface area contributed by atoms with Crippen LogP contribution in [0.25, 0.3) is 0 Å². The largest absolute Gasteiger partial charge is 0.319 e. The molecule has 0 aliphatic rings. The first kappa shape index (κ1) is 14.9. The zero-order valence-corrected chi connectivity index (χ0v) is 12.2. The van der Waals surface area contributed by atoms with E-state index in [9.17, 15) is 4.39 Å². The SMILES string of the molecule is CN(C)CCn1ncc(Cl)c1C(N)c1cncc(F)c1. The van der Waals surface area contributed by atoms with Gasteiger partial charge < -0.3 is 10.6 Å². The van der Waals surface area contributed by atoms with Gasteiger partial charge >= 0.3 is 0 Å². The number of rotatable bonds is 5. The lowest BCUT2D eigenvalue weighted by molar-refractivity contribution is 0.368. The molecule has 0 spiro atoms. The summed E-state index contributed by atoms with van der Waals surface area (Å²) in [6, 6.07) is 0.799. The summed E-state index contributed by atoms with van der Waals surface area (Å²) in [6.07, 6.45) is 4.23. The van der Waals surface area contributed by atoms with Crippen LogP contribution in [0.3, 0.4) is 0 Å². The zero-order valence-electron chi connectivity index (χ0n) is 11.4. The summed E-state index contributed by atoms with van der Waals surface area (Å²) >= 11 is 6.15. The molecule has 1 atom stereocenters. The van der Waals surface area contributed by atoms with E-state index in [2.05, 4.69) is 10.1 Å². The van der Waals surface area contributed by atoms with E-state index < -0.39 is 11.9 Å². The molecule has 2 aromatic heterocycles. The van der Waals surface area contributed by atoms with Crippen LogP contribution in [0.2, 0.25) is 5.02 Å². The highest BCUT2D eigenvalue weighted by Gasteiger charge is 2.19. The summed E-state index contributed by atoms with van der Waals surface area (Å²) in [5.41, 5.74) is 7.41. The lowest BCUT2D eigenvalue weighted by Gasteiger charge is -2.17. The van der Waals surface area contributed by atoms with Gasteiger partial charge in [0.1, 0.15) is 5.82 Å². The van der Waals surface area contributed by atoms with Crippen LogP contribution in [-0.4, -0.2) is 40.3 Å². The summed E-state index contributed by atoms with van der Waals surface area (Å²) in [5, 5.41) is 4.69. The highest BCUT2D eigenvalue weighted by atomic mass is 35.5. The van der Waals surface area contributed by atoms with Crippen molar-refractivity contribution < 1.29 is 4.39 Å². The Labute approximate surface area is 122 Å². The van der Waals surface area contributed by atoms with Gasteiger partial charge in [-0.05, 0) is 25.7 Å². The van der Waals surface area contributed by atoms with Crippen molar-refractivity contribution in [3.63, 3.8) is 0 Å². The molecule has 0 fully saturated rings. The quantitative estimate of drug-likeness (QED) is 0.912. The Morgan fingerprint density at radius 1 is 1.40 bits per heavy atom. The maximum Gasteiger partial charge on any atom is 0.141 e. The Bertz CT molecular complexity index is 584. The average molecular weight is 298 g/mol. The summed E-state index contributed by atoms with van der Waals surface area (Å²) < 4.78 is 15.0. The molecular weight excluding hydrogens is 281 g/mol. The monoisotopic (exact) mass is 297 g/mol. The van der Waals surface area contributed by atoms with E-state index in [1.54, 1.807) is 10.9 Å². The molecule has 0 aromatic carbocycles. The molecule has 0 amide bonds. The number of pyridine rings is 1. The highest BCUT2D eigenvalue weighted by molar-refractivity contribution is 6.31. The minimum absolute atomic E-state index is 0.423. The van der Waals surface area contributed by atoms with Crippen molar-refractivity contribution in [1.82, 2.24) is 19.7 Å². The molecule has 108 valence electrons. The maximum absolute atomic E-state index is 13.2. The molecule has 0 saturated heterocycles. The molecule has 0 radical (unpaired) electrons. The van der Waals surface area contributed by atoms with E-state index in [0.29, 0.717) is 22.8 Å². The predicted molar refractivity (Wildman–Crippen MR) is 76.0 cm³/mol. The molecule has 0 bridgehead atoms. The van der Waals surface area contributed by atoms with Gasteiger partial charge in [-0.3, -0.25) is 9.67 Å². The minimum atomic E-state index is -0.560. The molecular formula is C13H17ClFN5. The first-order valence-electron chi connectivity index (χ1n) is 6.21. The van der Waals surface area contributed by atoms with E-state index in [4.69, 9.17) is 17.3 Å². The van der Waals surface area contributed by atoms with E-state index >= 15 is 0 Å². The topological polar surface area (TPSA) is 60.0 Å². The van der Waals surface area contributed by atoms with Gasteiger partial charge in [-0.2, -0.15) is 5.10 Å². The van der Waals surface area contributed by atoms with Crippen LogP contribution >= 0.6 is 11.6 Å². The predicted octanol–water partition coefficient (Wildman–Crippen LogP) is 1.68. The third kappa shape index (κ3) is 3.33. The molecule has 0 aliphatic carbocycles. The van der Waals surface area contributed by atoms with E-state index in [1.165, 1.54) is 12.3 Å². The second-order valence-corrected chi connectivity index (χ2v) is 5.23. The van der Waals surface area contributed by atoms with Crippen LogP contribution < -0.4 is 5.73 Å². The Hall–Kier alpha value is -1.50. The summed E-state index contributed by atoms with van der Waals surface area (Å²) in [6.45, 7) is 1.46. The first-order valence-corrected chi connectivity index (χ1v) is 6.59. The number of halogens is 2. The van der Waals surface area contributed by atoms with Crippen LogP contribution in [0.4, 0.5) is 4.39 Å². The van der Waals surface area contributed by atoms with Crippen LogP contribution in [0.1, 0.15) is 17.3 Å². The van der Waals surface area contributed by atoms with Crippen molar-refractivity contribution in [2.24, 2.45) is 5.73 Å². The molecule has 0 aliphatic heterocycles. The third-order valence-electron chi connectivity index (χ3n) is 2.97. The average Bonchev–Trinajstić information content (AvgIpc) is 2.76. The van der Waals surface area contributed by atoms with Crippen LogP contribution in [-0.2, 0) is 6.54 Å². The first-order chi connectivity index (χ1) is 9.49. The number of aromatic nitrogens is 3. The fraction of sp³-hybridized carbons (Fsp3) is 0.385. The Kier molecular flexibility index (Phi) is 4.69. The normalized spacial score (nSPS) is 12.9. The van der Waals surface area contributed by atoms with Gasteiger partial charge in [0.05, 0.1) is 35.7 Å². The molecule has 7 heteroatoms. The van der Waals surface area contributed by atoms with Crippen LogP contribution in [0, 0.1) is 5.82 Å². The number of hydrogen-bond acceptors (Lipinski definition) is 4. The Morgan fingerprint density at radius 2 is 2.15 bits per heavy atom. The second kappa shape index (κ2) is 6.30. The molecule has 0 saturated carbocycles. The van der Waals surface area contributed by atoms with Crippen molar-refractivity contribution in [2.45, 2.75) is 12.6 Å². The van der Waals surface area contributed by atoms with Crippen molar-refractivity contribution in [3.8, 4) is 0 Å². The molecule has 2 rings (SSSR count). The number of hydrogen-bond donors (Lipinski definition) is 1. The smallest absolute Gasteiger partial charge is 0.141 e. The van der Waals surface area contributed by atoms with Gasteiger partial charge in [-0.15, -0.1) is 0 Å². The Morgan fingerprint density at radius 3 is 2.80 bits per heavy atom. The summed E-state index contributed by atoms with van der Waals surface area (Å²) in [7, 11) is 3.95. The molecule has 5 nitrogen and oxygen atoms in total. The number of likely N-dealkylation sites (N-methyl/N-ethyl adjacent to an activating group) is 1. The van der Waals surface area contributed by atoms with Crippen molar-refractivity contribution in [3.05, 3.63) is 46.8 Å². The van der Waals surface area contributed by atoms with Crippen molar-refractivity contribution >= 4 is 11.6 Å². The molecule has 2 aromatic rings. The van der Waals surface area contributed by atoms with Gasteiger partial charge in [-0.25, -0.2) is 4.39 Å². The summed E-state index contributed by atoms with van der Waals surface area (Å²) in [5.74, 6) is -0.423. The van der Waals surface area contributed by atoms with Gasteiger partial charge in [0, 0.05) is 12.7 Å². The lowest BCUT2D eigenvalue weighted by Crippen LogP contribution is -2.23. The molecule has 2 N–H and O–H groups in total. The third-order valence-corrected chi connectivity index (χ3v) is 3.26. The zero-order chi connectivity index (χ0) is 14.7. The van der Waals surface area contributed by atoms with Gasteiger partial charge in [0.15, 0.2) is 0 Å². The fourth-order valence-electron chi connectivity index (χ4n) is 1.91. The molecule has 2 heterocycles. The van der Waals surface area contributed by atoms with E-state index in [1.807, 2.05) is 19.0 Å².